The summed E-state index contributed by atoms with van der Waals surface area (Å²) in [6.07, 6.45) is 6.75. The van der Waals surface area contributed by atoms with Crippen molar-refractivity contribution in [3.8, 4) is 0 Å². The zero-order valence-electron chi connectivity index (χ0n) is 12.8. The Hall–Kier alpha value is -2.01. The molecule has 2 N–H and O–H groups in total. The van der Waals surface area contributed by atoms with Crippen molar-refractivity contribution < 1.29 is 0 Å². The Morgan fingerprint density at radius 1 is 1.27 bits per heavy atom. The van der Waals surface area contributed by atoms with Crippen molar-refractivity contribution in [3.05, 3.63) is 53.6 Å². The minimum absolute atomic E-state index is 0.521. The highest BCUT2D eigenvalue weighted by molar-refractivity contribution is 6.29. The number of aromatic nitrogens is 2. The monoisotopic (exact) mass is 319 g/mol. The molecule has 22 heavy (non-hydrogen) atoms. The van der Waals surface area contributed by atoms with E-state index in [0.717, 1.165) is 37.6 Å². The van der Waals surface area contributed by atoms with E-state index in [9.17, 15) is 0 Å². The fourth-order valence-electron chi connectivity index (χ4n) is 2.02. The van der Waals surface area contributed by atoms with E-state index in [0.29, 0.717) is 11.7 Å². The van der Waals surface area contributed by atoms with E-state index in [1.807, 2.05) is 18.2 Å². The number of guanidine groups is 1. The molecule has 2 aromatic heterocycles. The van der Waals surface area contributed by atoms with Crippen LogP contribution < -0.4 is 10.6 Å². The molecule has 0 fully saturated rings. The third-order valence-corrected chi connectivity index (χ3v) is 3.36. The normalized spacial score (nSPS) is 11.5. The van der Waals surface area contributed by atoms with Gasteiger partial charge in [0.2, 0.25) is 0 Å². The van der Waals surface area contributed by atoms with Gasteiger partial charge in [-0.05, 0) is 37.1 Å². The fourth-order valence-corrected chi connectivity index (χ4v) is 2.13. The van der Waals surface area contributed by atoms with Crippen LogP contribution in [0.25, 0.3) is 0 Å². The molecule has 0 radical (unpaired) electrons. The molecule has 0 aliphatic rings. The van der Waals surface area contributed by atoms with Crippen LogP contribution in [0.15, 0.2) is 47.8 Å². The van der Waals surface area contributed by atoms with Gasteiger partial charge in [-0.25, -0.2) is 4.98 Å². The minimum atomic E-state index is 0.521. The Morgan fingerprint density at radius 3 is 2.77 bits per heavy atom. The summed E-state index contributed by atoms with van der Waals surface area (Å²) in [6, 6.07) is 7.84. The summed E-state index contributed by atoms with van der Waals surface area (Å²) in [7, 11) is 0. The van der Waals surface area contributed by atoms with Gasteiger partial charge < -0.3 is 15.2 Å². The van der Waals surface area contributed by atoms with Crippen LogP contribution in [0, 0.1) is 0 Å². The SMILES string of the molecule is CCNC(=NCCc1ccc(Cl)nc1)NCCn1cccc1. The van der Waals surface area contributed by atoms with E-state index < -0.39 is 0 Å². The second-order valence-electron chi connectivity index (χ2n) is 4.85. The first-order valence-corrected chi connectivity index (χ1v) is 7.89. The molecule has 6 heteroatoms. The van der Waals surface area contributed by atoms with Crippen molar-refractivity contribution in [1.82, 2.24) is 20.2 Å². The predicted molar refractivity (Wildman–Crippen MR) is 91.4 cm³/mol. The lowest BCUT2D eigenvalue weighted by atomic mass is 10.2. The molecule has 0 aliphatic carbocycles. The number of aliphatic imine (C=N–C) groups is 1. The summed E-state index contributed by atoms with van der Waals surface area (Å²) in [5.74, 6) is 0.844. The molecular formula is C16H22ClN5. The summed E-state index contributed by atoms with van der Waals surface area (Å²) in [6.45, 7) is 5.37. The third-order valence-electron chi connectivity index (χ3n) is 3.13. The number of halogens is 1. The maximum atomic E-state index is 5.78. The molecular weight excluding hydrogens is 298 g/mol. The lowest BCUT2D eigenvalue weighted by molar-refractivity contribution is 0.665. The highest BCUT2D eigenvalue weighted by Gasteiger charge is 1.98. The van der Waals surface area contributed by atoms with Gasteiger partial charge in [0.25, 0.3) is 0 Å². The van der Waals surface area contributed by atoms with Crippen LogP contribution >= 0.6 is 11.6 Å². The van der Waals surface area contributed by atoms with Gasteiger partial charge in [-0.15, -0.1) is 0 Å². The molecule has 2 heterocycles. The van der Waals surface area contributed by atoms with Gasteiger partial charge in [-0.2, -0.15) is 0 Å². The van der Waals surface area contributed by atoms with E-state index in [1.54, 1.807) is 12.3 Å². The molecule has 0 atom stereocenters. The molecule has 2 rings (SSSR count). The Balaban J connectivity index is 1.77. The molecule has 0 amide bonds. The van der Waals surface area contributed by atoms with Crippen molar-refractivity contribution in [1.29, 1.82) is 0 Å². The van der Waals surface area contributed by atoms with Crippen LogP contribution in [0.1, 0.15) is 12.5 Å². The van der Waals surface area contributed by atoms with E-state index in [-0.39, 0.29) is 0 Å². The van der Waals surface area contributed by atoms with Crippen LogP contribution in [0.4, 0.5) is 0 Å². The maximum Gasteiger partial charge on any atom is 0.191 e. The second-order valence-corrected chi connectivity index (χ2v) is 5.23. The van der Waals surface area contributed by atoms with Crippen LogP contribution in [0.5, 0.6) is 0 Å². The van der Waals surface area contributed by atoms with E-state index in [2.05, 4.69) is 44.5 Å². The van der Waals surface area contributed by atoms with Crippen LogP contribution in [0.3, 0.4) is 0 Å². The van der Waals surface area contributed by atoms with Gasteiger partial charge in [0.15, 0.2) is 5.96 Å². The van der Waals surface area contributed by atoms with Gasteiger partial charge in [0, 0.05) is 44.8 Å². The summed E-state index contributed by atoms with van der Waals surface area (Å²) in [4.78, 5) is 8.65. The Kier molecular flexibility index (Phi) is 6.77. The van der Waals surface area contributed by atoms with Crippen molar-refractivity contribution >= 4 is 17.6 Å². The fraction of sp³-hybridized carbons (Fsp3) is 0.375. The Labute approximate surface area is 136 Å². The van der Waals surface area contributed by atoms with E-state index in [4.69, 9.17) is 11.6 Å². The lowest BCUT2D eigenvalue weighted by Crippen LogP contribution is -2.39. The molecule has 0 aliphatic heterocycles. The highest BCUT2D eigenvalue weighted by Crippen LogP contribution is 2.05. The molecule has 0 bridgehead atoms. The summed E-state index contributed by atoms with van der Waals surface area (Å²) in [5.41, 5.74) is 1.14. The average molecular weight is 320 g/mol. The van der Waals surface area contributed by atoms with Crippen LogP contribution in [-0.4, -0.2) is 35.1 Å². The first kappa shape index (κ1) is 16.4. The number of rotatable bonds is 7. The zero-order chi connectivity index (χ0) is 15.6. The lowest BCUT2D eigenvalue weighted by Gasteiger charge is -2.11. The standard InChI is InChI=1S/C16H22ClN5/c1-2-18-16(20-9-12-22-10-3-4-11-22)19-8-7-14-5-6-15(17)21-13-14/h3-6,10-11,13H,2,7-9,12H2,1H3,(H2,18,19,20). The second kappa shape index (κ2) is 9.10. The molecule has 0 spiro atoms. The van der Waals surface area contributed by atoms with E-state index in [1.165, 1.54) is 0 Å². The Morgan fingerprint density at radius 2 is 2.09 bits per heavy atom. The van der Waals surface area contributed by atoms with Crippen molar-refractivity contribution in [2.75, 3.05) is 19.6 Å². The van der Waals surface area contributed by atoms with E-state index >= 15 is 0 Å². The topological polar surface area (TPSA) is 54.2 Å². The zero-order valence-corrected chi connectivity index (χ0v) is 13.6. The highest BCUT2D eigenvalue weighted by atomic mass is 35.5. The number of nitrogens with one attached hydrogen (secondary N) is 2. The number of nitrogens with zero attached hydrogens (tertiary/aromatic N) is 3. The molecule has 5 nitrogen and oxygen atoms in total. The predicted octanol–water partition coefficient (Wildman–Crippen LogP) is 2.33. The van der Waals surface area contributed by atoms with Crippen molar-refractivity contribution in [2.45, 2.75) is 19.9 Å². The number of hydrogen-bond donors (Lipinski definition) is 2. The summed E-state index contributed by atoms with van der Waals surface area (Å²) in [5, 5.41) is 7.11. The number of hydrogen-bond acceptors (Lipinski definition) is 2. The molecule has 118 valence electrons. The molecule has 0 saturated carbocycles. The first-order chi connectivity index (χ1) is 10.8. The maximum absolute atomic E-state index is 5.78. The number of pyridine rings is 1. The molecule has 2 aromatic rings. The quantitative estimate of drug-likeness (QED) is 0.468. The van der Waals surface area contributed by atoms with Gasteiger partial charge in [0.1, 0.15) is 5.15 Å². The Bertz CT molecular complexity index is 563. The summed E-state index contributed by atoms with van der Waals surface area (Å²) >= 11 is 5.78. The molecule has 0 aromatic carbocycles. The largest absolute Gasteiger partial charge is 0.357 e. The first-order valence-electron chi connectivity index (χ1n) is 7.51. The van der Waals surface area contributed by atoms with Crippen LogP contribution in [0.2, 0.25) is 5.15 Å². The molecule has 0 saturated heterocycles. The van der Waals surface area contributed by atoms with Crippen molar-refractivity contribution in [3.63, 3.8) is 0 Å². The van der Waals surface area contributed by atoms with Gasteiger partial charge >= 0.3 is 0 Å². The average Bonchev–Trinajstić information content (AvgIpc) is 3.02. The van der Waals surface area contributed by atoms with Gasteiger partial charge in [-0.1, -0.05) is 17.7 Å². The third kappa shape index (κ3) is 5.77. The summed E-state index contributed by atoms with van der Waals surface area (Å²) < 4.78 is 2.13. The smallest absolute Gasteiger partial charge is 0.191 e. The van der Waals surface area contributed by atoms with Gasteiger partial charge in [-0.3, -0.25) is 4.99 Å². The van der Waals surface area contributed by atoms with Crippen molar-refractivity contribution in [2.24, 2.45) is 4.99 Å². The van der Waals surface area contributed by atoms with Crippen LogP contribution in [-0.2, 0) is 13.0 Å². The minimum Gasteiger partial charge on any atom is -0.357 e. The van der Waals surface area contributed by atoms with Gasteiger partial charge in [0.05, 0.1) is 0 Å². The molecule has 0 unspecified atom stereocenters.